The van der Waals surface area contributed by atoms with Crippen LogP contribution < -0.4 is 5.69 Å². The predicted molar refractivity (Wildman–Crippen MR) is 108 cm³/mol. The molecule has 2 aliphatic heterocycles. The first-order valence-electron chi connectivity index (χ1n) is 9.23. The van der Waals surface area contributed by atoms with E-state index >= 15 is 0 Å². The highest BCUT2D eigenvalue weighted by atomic mass is 19.1. The van der Waals surface area contributed by atoms with Crippen molar-refractivity contribution in [2.24, 2.45) is 0 Å². The summed E-state index contributed by atoms with van der Waals surface area (Å²) in [5.74, 6) is 0.635. The lowest BCUT2D eigenvalue weighted by atomic mass is 10.0. The number of aromatic amines is 1. The van der Waals surface area contributed by atoms with Gasteiger partial charge in [-0.15, -0.1) is 0 Å². The first-order valence-corrected chi connectivity index (χ1v) is 9.23. The van der Waals surface area contributed by atoms with Gasteiger partial charge in [-0.1, -0.05) is 30.3 Å². The van der Waals surface area contributed by atoms with Crippen LogP contribution in [-0.2, 0) is 13.0 Å². The average molecular weight is 385 g/mol. The van der Waals surface area contributed by atoms with Crippen LogP contribution in [-0.4, -0.2) is 24.5 Å². The molecule has 0 aliphatic carbocycles. The number of benzene rings is 2. The van der Waals surface area contributed by atoms with Crippen molar-refractivity contribution >= 4 is 10.9 Å². The fraction of sp³-hybridized carbons (Fsp3) is 0.0909. The van der Waals surface area contributed by atoms with Gasteiger partial charge in [-0.05, 0) is 36.2 Å². The van der Waals surface area contributed by atoms with Gasteiger partial charge in [0, 0.05) is 23.7 Å². The summed E-state index contributed by atoms with van der Waals surface area (Å²) in [5.41, 5.74) is 3.06. The molecule has 0 atom stereocenters. The fourth-order valence-corrected chi connectivity index (χ4v) is 3.62. The standard InChI is InChI=1S/C22H16FN5O/c23-15-5-1-4-14(12-15)9-11-28-19(13-25-20-21(28)27-22(29)26-20)17-6-2-8-18-16(17)7-3-10-24-18/h1-8,10,12-13H,9,11H2,(H,25,26,29). The van der Waals surface area contributed by atoms with Crippen LogP contribution in [0, 0.1) is 5.82 Å². The minimum atomic E-state index is -0.441. The van der Waals surface area contributed by atoms with Gasteiger partial charge in [-0.3, -0.25) is 9.97 Å². The van der Waals surface area contributed by atoms with Crippen molar-refractivity contribution in [3.8, 4) is 22.9 Å². The normalized spacial score (nSPS) is 11.3. The van der Waals surface area contributed by atoms with Crippen LogP contribution in [0.5, 0.6) is 0 Å². The number of nitrogens with one attached hydrogen (secondary N) is 1. The van der Waals surface area contributed by atoms with Gasteiger partial charge in [-0.25, -0.2) is 14.2 Å². The third kappa shape index (κ3) is 3.16. The Labute approximate surface area is 165 Å². The third-order valence-electron chi connectivity index (χ3n) is 4.94. The highest BCUT2D eigenvalue weighted by Gasteiger charge is 2.19. The molecule has 7 heteroatoms. The predicted octanol–water partition coefficient (Wildman–Crippen LogP) is 3.67. The van der Waals surface area contributed by atoms with E-state index in [-0.39, 0.29) is 5.82 Å². The Hall–Kier alpha value is -3.87. The van der Waals surface area contributed by atoms with E-state index < -0.39 is 5.69 Å². The summed E-state index contributed by atoms with van der Waals surface area (Å²) in [6.07, 6.45) is 4.06. The van der Waals surface area contributed by atoms with Gasteiger partial charge in [0.1, 0.15) is 5.82 Å². The molecule has 0 saturated carbocycles. The number of aromatic nitrogens is 5. The maximum atomic E-state index is 13.6. The molecule has 0 saturated heterocycles. The molecule has 1 N–H and O–H groups in total. The fourth-order valence-electron chi connectivity index (χ4n) is 3.62. The number of halogens is 1. The molecule has 3 aromatic rings. The molecule has 0 amide bonds. The van der Waals surface area contributed by atoms with E-state index in [9.17, 15) is 9.18 Å². The van der Waals surface area contributed by atoms with E-state index in [0.717, 1.165) is 27.7 Å². The second kappa shape index (κ2) is 6.94. The van der Waals surface area contributed by atoms with Crippen molar-refractivity contribution in [3.63, 3.8) is 0 Å². The number of rotatable bonds is 4. The average Bonchev–Trinajstić information content (AvgIpc) is 3.12. The van der Waals surface area contributed by atoms with Gasteiger partial charge in [0.05, 0.1) is 17.4 Å². The molecule has 6 nitrogen and oxygen atoms in total. The first kappa shape index (κ1) is 17.2. The zero-order chi connectivity index (χ0) is 19.8. The molecule has 0 unspecified atom stereocenters. The molecule has 0 spiro atoms. The number of hydrogen-bond donors (Lipinski definition) is 1. The van der Waals surface area contributed by atoms with Crippen molar-refractivity contribution in [2.45, 2.75) is 13.0 Å². The molecule has 0 bridgehead atoms. The van der Waals surface area contributed by atoms with Crippen LogP contribution in [0.1, 0.15) is 5.56 Å². The Kier molecular flexibility index (Phi) is 4.13. The quantitative estimate of drug-likeness (QED) is 0.512. The summed E-state index contributed by atoms with van der Waals surface area (Å²) < 4.78 is 15.5. The zero-order valence-corrected chi connectivity index (χ0v) is 15.3. The van der Waals surface area contributed by atoms with E-state index in [4.69, 9.17) is 0 Å². The van der Waals surface area contributed by atoms with Crippen LogP contribution in [0.4, 0.5) is 4.39 Å². The monoisotopic (exact) mass is 385 g/mol. The summed E-state index contributed by atoms with van der Waals surface area (Å²) in [5, 5.41) is 0.980. The lowest BCUT2D eigenvalue weighted by Gasteiger charge is -2.18. The molecule has 3 heterocycles. The molecule has 0 radical (unpaired) electrons. The van der Waals surface area contributed by atoms with Crippen molar-refractivity contribution in [1.29, 1.82) is 0 Å². The largest absolute Gasteiger partial charge is 0.348 e. The topological polar surface area (TPSA) is 76.5 Å². The molecule has 5 rings (SSSR count). The Bertz CT molecular complexity index is 1350. The summed E-state index contributed by atoms with van der Waals surface area (Å²) in [6, 6.07) is 16.3. The molecule has 2 aliphatic rings. The molecular weight excluding hydrogens is 369 g/mol. The highest BCUT2D eigenvalue weighted by Crippen LogP contribution is 2.30. The smallest absolute Gasteiger partial charge is 0.321 e. The van der Waals surface area contributed by atoms with Crippen molar-refractivity contribution < 1.29 is 4.39 Å². The van der Waals surface area contributed by atoms with Crippen molar-refractivity contribution in [3.05, 3.63) is 88.9 Å². The number of imidazole rings is 1. The van der Waals surface area contributed by atoms with Crippen LogP contribution in [0.15, 0.2) is 71.8 Å². The summed E-state index contributed by atoms with van der Waals surface area (Å²) >= 11 is 0. The van der Waals surface area contributed by atoms with E-state index in [1.807, 2.05) is 41.0 Å². The second-order valence-electron chi connectivity index (χ2n) is 6.76. The SMILES string of the molecule is O=c1nc2n(CCc3cccc(F)c3)c(-c3cccc4ncccc34)cnc-2[nH]1. The Balaban J connectivity index is 1.68. The molecule has 29 heavy (non-hydrogen) atoms. The number of aryl methyl sites for hydroxylation is 1. The van der Waals surface area contributed by atoms with Crippen molar-refractivity contribution in [1.82, 2.24) is 24.5 Å². The number of H-pyrrole nitrogens is 1. The van der Waals surface area contributed by atoms with Gasteiger partial charge in [-0.2, -0.15) is 4.98 Å². The molecule has 0 fully saturated rings. The minimum Gasteiger partial charge on any atom is -0.321 e. The molecule has 1 aromatic heterocycles. The minimum absolute atomic E-state index is 0.269. The van der Waals surface area contributed by atoms with Crippen LogP contribution in [0.25, 0.3) is 33.8 Å². The zero-order valence-electron chi connectivity index (χ0n) is 15.3. The molecule has 2 aromatic carbocycles. The van der Waals surface area contributed by atoms with E-state index in [1.165, 1.54) is 12.1 Å². The number of hydrogen-bond acceptors (Lipinski definition) is 4. The van der Waals surface area contributed by atoms with Gasteiger partial charge in [0.15, 0.2) is 11.6 Å². The third-order valence-corrected chi connectivity index (χ3v) is 4.94. The van der Waals surface area contributed by atoms with E-state index in [1.54, 1.807) is 18.5 Å². The number of pyridine rings is 1. The van der Waals surface area contributed by atoms with Gasteiger partial charge in [0.2, 0.25) is 0 Å². The van der Waals surface area contributed by atoms with Gasteiger partial charge < -0.3 is 4.57 Å². The molecular formula is C22H16FN5O. The molecule has 142 valence electrons. The number of fused-ring (bicyclic) bond motifs is 2. The Morgan fingerprint density at radius 1 is 1.03 bits per heavy atom. The first-order chi connectivity index (χ1) is 14.2. The summed E-state index contributed by atoms with van der Waals surface area (Å²) in [4.78, 5) is 27.4. The Morgan fingerprint density at radius 2 is 1.93 bits per heavy atom. The van der Waals surface area contributed by atoms with Gasteiger partial charge in [0.25, 0.3) is 0 Å². The van der Waals surface area contributed by atoms with Crippen molar-refractivity contribution in [2.75, 3.05) is 0 Å². The number of nitrogens with zero attached hydrogens (tertiary/aromatic N) is 4. The Morgan fingerprint density at radius 3 is 2.83 bits per heavy atom. The lowest BCUT2D eigenvalue weighted by molar-refractivity contribution is 0.621. The highest BCUT2D eigenvalue weighted by molar-refractivity contribution is 5.93. The summed E-state index contributed by atoms with van der Waals surface area (Å²) in [6.45, 7) is 0.513. The van der Waals surface area contributed by atoms with Crippen LogP contribution in [0.2, 0.25) is 0 Å². The van der Waals surface area contributed by atoms with E-state index in [0.29, 0.717) is 24.6 Å². The maximum Gasteiger partial charge on any atom is 0.348 e. The van der Waals surface area contributed by atoms with Crippen LogP contribution in [0.3, 0.4) is 0 Å². The van der Waals surface area contributed by atoms with Gasteiger partial charge >= 0.3 is 5.69 Å². The van der Waals surface area contributed by atoms with Crippen LogP contribution >= 0.6 is 0 Å². The lowest BCUT2D eigenvalue weighted by Crippen LogP contribution is -2.12. The summed E-state index contributed by atoms with van der Waals surface area (Å²) in [7, 11) is 0. The van der Waals surface area contributed by atoms with E-state index in [2.05, 4.69) is 19.9 Å². The maximum absolute atomic E-state index is 13.6. The second-order valence-corrected chi connectivity index (χ2v) is 6.76.